The highest BCUT2D eigenvalue weighted by Gasteiger charge is 2.11. The minimum absolute atomic E-state index is 0.0484. The van der Waals surface area contributed by atoms with Gasteiger partial charge in [-0.3, -0.25) is 9.78 Å². The number of nitrogens with one attached hydrogen (secondary N) is 1. The van der Waals surface area contributed by atoms with Gasteiger partial charge in [0.05, 0.1) is 0 Å². The van der Waals surface area contributed by atoms with Crippen molar-refractivity contribution in [1.29, 1.82) is 0 Å². The molecule has 3 nitrogen and oxygen atoms in total. The van der Waals surface area contributed by atoms with Crippen LogP contribution in [0.1, 0.15) is 42.3 Å². The van der Waals surface area contributed by atoms with Crippen molar-refractivity contribution in [1.82, 2.24) is 4.98 Å². The summed E-state index contributed by atoms with van der Waals surface area (Å²) >= 11 is 0. The number of anilines is 1. The number of carbonyl (C=O) groups is 1. The predicted molar refractivity (Wildman–Crippen MR) is 107 cm³/mol. The Morgan fingerprint density at radius 2 is 1.92 bits per heavy atom. The highest BCUT2D eigenvalue weighted by atomic mass is 16.1. The minimum atomic E-state index is -0.123. The number of fused-ring (bicyclic) bond motifs is 1. The van der Waals surface area contributed by atoms with Crippen molar-refractivity contribution < 1.29 is 4.79 Å². The minimum Gasteiger partial charge on any atom is -0.321 e. The lowest BCUT2D eigenvalue weighted by molar-refractivity contribution is 0.102. The van der Waals surface area contributed by atoms with Crippen molar-refractivity contribution in [2.75, 3.05) is 5.32 Å². The standard InChI is InChI=1S/C23H22N2O/c1-16-14-17(10-12-23(2,3)4)8-9-19(16)22(26)25-21-7-5-6-18-15-24-13-11-20(18)21/h5-9,11,13-15H,1-4H3,(H,25,26). The quantitative estimate of drug-likeness (QED) is 0.651. The number of hydrogen-bond donors (Lipinski definition) is 1. The van der Waals surface area contributed by atoms with E-state index in [-0.39, 0.29) is 11.3 Å². The van der Waals surface area contributed by atoms with Gasteiger partial charge in [-0.25, -0.2) is 0 Å². The zero-order valence-electron chi connectivity index (χ0n) is 15.6. The molecular formula is C23H22N2O. The average molecular weight is 342 g/mol. The summed E-state index contributed by atoms with van der Waals surface area (Å²) in [5.41, 5.74) is 3.21. The third-order valence-electron chi connectivity index (χ3n) is 3.98. The van der Waals surface area contributed by atoms with Gasteiger partial charge in [0.25, 0.3) is 5.91 Å². The van der Waals surface area contributed by atoms with Gasteiger partial charge in [-0.05, 0) is 63.6 Å². The molecule has 0 saturated heterocycles. The van der Waals surface area contributed by atoms with Crippen LogP contribution in [0.5, 0.6) is 0 Å². The van der Waals surface area contributed by atoms with Crippen LogP contribution in [-0.4, -0.2) is 10.9 Å². The molecule has 0 spiro atoms. The van der Waals surface area contributed by atoms with Gasteiger partial charge in [0.2, 0.25) is 0 Å². The molecule has 0 atom stereocenters. The topological polar surface area (TPSA) is 42.0 Å². The van der Waals surface area contributed by atoms with Gasteiger partial charge in [0.1, 0.15) is 0 Å². The van der Waals surface area contributed by atoms with Gasteiger partial charge in [-0.2, -0.15) is 0 Å². The molecular weight excluding hydrogens is 320 g/mol. The van der Waals surface area contributed by atoms with Crippen molar-refractivity contribution in [3.63, 3.8) is 0 Å². The summed E-state index contributed by atoms with van der Waals surface area (Å²) in [6.45, 7) is 8.17. The van der Waals surface area contributed by atoms with E-state index in [4.69, 9.17) is 0 Å². The molecule has 1 N–H and O–H groups in total. The number of aryl methyl sites for hydroxylation is 1. The third-order valence-corrected chi connectivity index (χ3v) is 3.98. The van der Waals surface area contributed by atoms with Gasteiger partial charge in [-0.1, -0.05) is 24.0 Å². The van der Waals surface area contributed by atoms with E-state index in [0.29, 0.717) is 5.56 Å². The Balaban J connectivity index is 1.87. The number of rotatable bonds is 2. The summed E-state index contributed by atoms with van der Waals surface area (Å²) in [4.78, 5) is 16.9. The van der Waals surface area contributed by atoms with E-state index in [9.17, 15) is 4.79 Å². The lowest BCUT2D eigenvalue weighted by Crippen LogP contribution is -2.13. The number of benzene rings is 2. The Bertz CT molecular complexity index is 1030. The second-order valence-electron chi connectivity index (χ2n) is 7.39. The molecule has 3 heteroatoms. The molecule has 1 amide bonds. The normalized spacial score (nSPS) is 10.9. The molecule has 0 aliphatic heterocycles. The lowest BCUT2D eigenvalue weighted by atomic mass is 9.97. The summed E-state index contributed by atoms with van der Waals surface area (Å²) < 4.78 is 0. The first-order valence-corrected chi connectivity index (χ1v) is 8.61. The van der Waals surface area contributed by atoms with E-state index in [1.807, 2.05) is 49.4 Å². The first-order valence-electron chi connectivity index (χ1n) is 8.61. The SMILES string of the molecule is Cc1cc(C#CC(C)(C)C)ccc1C(=O)Nc1cccc2cnccc12. The van der Waals surface area contributed by atoms with Crippen LogP contribution in [-0.2, 0) is 0 Å². The van der Waals surface area contributed by atoms with Crippen LogP contribution in [0.25, 0.3) is 10.8 Å². The van der Waals surface area contributed by atoms with E-state index in [1.165, 1.54) is 0 Å². The number of amides is 1. The van der Waals surface area contributed by atoms with Crippen molar-refractivity contribution >= 4 is 22.4 Å². The molecule has 1 aromatic heterocycles. The summed E-state index contributed by atoms with van der Waals surface area (Å²) in [6, 6.07) is 13.4. The van der Waals surface area contributed by atoms with Gasteiger partial charge < -0.3 is 5.32 Å². The molecule has 3 rings (SSSR count). The number of pyridine rings is 1. The molecule has 0 unspecified atom stereocenters. The molecule has 3 aromatic rings. The van der Waals surface area contributed by atoms with Crippen LogP contribution in [0.2, 0.25) is 0 Å². The first-order chi connectivity index (χ1) is 12.3. The van der Waals surface area contributed by atoms with E-state index < -0.39 is 0 Å². The third kappa shape index (κ3) is 4.10. The molecule has 1 heterocycles. The second-order valence-corrected chi connectivity index (χ2v) is 7.39. The fourth-order valence-corrected chi connectivity index (χ4v) is 2.68. The maximum atomic E-state index is 12.7. The van der Waals surface area contributed by atoms with Crippen LogP contribution in [0.4, 0.5) is 5.69 Å². The van der Waals surface area contributed by atoms with E-state index >= 15 is 0 Å². The zero-order valence-corrected chi connectivity index (χ0v) is 15.6. The smallest absolute Gasteiger partial charge is 0.255 e. The fourth-order valence-electron chi connectivity index (χ4n) is 2.68. The Morgan fingerprint density at radius 3 is 2.65 bits per heavy atom. The Kier molecular flexibility index (Phi) is 4.77. The molecule has 0 aliphatic carbocycles. The molecule has 0 radical (unpaired) electrons. The summed E-state index contributed by atoms with van der Waals surface area (Å²) in [5.74, 6) is 6.27. The molecule has 0 fully saturated rings. The Morgan fingerprint density at radius 1 is 1.12 bits per heavy atom. The number of nitrogens with zero attached hydrogens (tertiary/aromatic N) is 1. The monoisotopic (exact) mass is 342 g/mol. The first kappa shape index (κ1) is 17.7. The van der Waals surface area contributed by atoms with Crippen molar-refractivity contribution in [3.05, 3.63) is 71.5 Å². The van der Waals surface area contributed by atoms with Gasteiger partial charge >= 0.3 is 0 Å². The molecule has 0 aliphatic rings. The second kappa shape index (κ2) is 7.01. The molecule has 130 valence electrons. The maximum absolute atomic E-state index is 12.7. The van der Waals surface area contributed by atoms with Gasteiger partial charge in [0.15, 0.2) is 0 Å². The van der Waals surface area contributed by atoms with Crippen molar-refractivity contribution in [3.8, 4) is 11.8 Å². The summed E-state index contributed by atoms with van der Waals surface area (Å²) in [7, 11) is 0. The van der Waals surface area contributed by atoms with E-state index in [1.54, 1.807) is 12.4 Å². The van der Waals surface area contributed by atoms with Crippen molar-refractivity contribution in [2.24, 2.45) is 5.41 Å². The lowest BCUT2D eigenvalue weighted by Gasteiger charge is -2.11. The number of hydrogen-bond acceptors (Lipinski definition) is 2. The number of aromatic nitrogens is 1. The largest absolute Gasteiger partial charge is 0.321 e. The van der Waals surface area contributed by atoms with Crippen LogP contribution in [0.3, 0.4) is 0 Å². The van der Waals surface area contributed by atoms with E-state index in [0.717, 1.165) is 27.6 Å². The highest BCUT2D eigenvalue weighted by molar-refractivity contribution is 6.09. The van der Waals surface area contributed by atoms with Crippen LogP contribution < -0.4 is 5.32 Å². The van der Waals surface area contributed by atoms with E-state index in [2.05, 4.69) is 42.9 Å². The zero-order chi connectivity index (χ0) is 18.7. The molecule has 0 bridgehead atoms. The summed E-state index contributed by atoms with van der Waals surface area (Å²) in [5, 5.41) is 4.98. The number of carbonyl (C=O) groups excluding carboxylic acids is 1. The molecule has 0 saturated carbocycles. The Hall–Kier alpha value is -3.12. The predicted octanol–water partition coefficient (Wildman–Crippen LogP) is 5.19. The maximum Gasteiger partial charge on any atom is 0.255 e. The highest BCUT2D eigenvalue weighted by Crippen LogP contribution is 2.23. The van der Waals surface area contributed by atoms with Crippen LogP contribution >= 0.6 is 0 Å². The molecule has 2 aromatic carbocycles. The fraction of sp³-hybridized carbons (Fsp3) is 0.217. The van der Waals surface area contributed by atoms with Crippen LogP contribution in [0.15, 0.2) is 54.9 Å². The summed E-state index contributed by atoms with van der Waals surface area (Å²) in [6.07, 6.45) is 3.52. The van der Waals surface area contributed by atoms with Crippen molar-refractivity contribution in [2.45, 2.75) is 27.7 Å². The van der Waals surface area contributed by atoms with Crippen LogP contribution in [0, 0.1) is 24.2 Å². The van der Waals surface area contributed by atoms with Gasteiger partial charge in [0, 0.05) is 45.4 Å². The average Bonchev–Trinajstić information content (AvgIpc) is 2.59. The molecule has 26 heavy (non-hydrogen) atoms. The van der Waals surface area contributed by atoms with Gasteiger partial charge in [-0.15, -0.1) is 0 Å². The Labute approximate surface area is 154 Å².